The zero-order valence-corrected chi connectivity index (χ0v) is 13.1. The molecule has 1 saturated heterocycles. The molecular weight excluding hydrogens is 274 g/mol. The van der Waals surface area contributed by atoms with Crippen molar-refractivity contribution in [2.45, 2.75) is 51.6 Å². The molecule has 0 aliphatic carbocycles. The summed E-state index contributed by atoms with van der Waals surface area (Å²) in [5, 5.41) is 0.593. The van der Waals surface area contributed by atoms with Crippen molar-refractivity contribution in [1.82, 2.24) is 4.90 Å². The second-order valence-electron chi connectivity index (χ2n) is 5.56. The molecule has 1 fully saturated rings. The molecule has 1 aromatic rings. The molecule has 4 heteroatoms. The van der Waals surface area contributed by atoms with Crippen LogP contribution in [0.4, 0.5) is 0 Å². The normalized spacial score (nSPS) is 22.7. The van der Waals surface area contributed by atoms with Gasteiger partial charge in [-0.3, -0.25) is 4.79 Å². The Labute approximate surface area is 125 Å². The predicted molar refractivity (Wildman–Crippen MR) is 81.3 cm³/mol. The molecule has 3 nitrogen and oxygen atoms in total. The number of ether oxygens (including phenoxy) is 1. The monoisotopic (exact) mass is 295 g/mol. The first-order chi connectivity index (χ1) is 9.52. The molecule has 1 aromatic carbocycles. The maximum atomic E-state index is 12.5. The Morgan fingerprint density at radius 3 is 2.55 bits per heavy atom. The van der Waals surface area contributed by atoms with Crippen LogP contribution in [-0.4, -0.2) is 30.0 Å². The molecule has 0 bridgehead atoms. The van der Waals surface area contributed by atoms with Crippen molar-refractivity contribution in [2.24, 2.45) is 0 Å². The van der Waals surface area contributed by atoms with E-state index < -0.39 is 0 Å². The van der Waals surface area contributed by atoms with Crippen molar-refractivity contribution in [1.29, 1.82) is 0 Å². The summed E-state index contributed by atoms with van der Waals surface area (Å²) >= 11 is 6.21. The third-order valence-corrected chi connectivity index (χ3v) is 4.44. The molecule has 0 radical (unpaired) electrons. The summed E-state index contributed by atoms with van der Waals surface area (Å²) in [5.74, 6) is 0.877. The summed E-state index contributed by atoms with van der Waals surface area (Å²) < 4.78 is 5.13. The number of benzene rings is 1. The number of nitrogens with zero attached hydrogens (tertiary/aromatic N) is 1. The number of carbonyl (C=O) groups is 1. The number of rotatable bonds is 3. The molecule has 1 heterocycles. The molecular formula is C16H22ClNO2. The molecule has 0 N–H and O–H groups in total. The molecule has 2 atom stereocenters. The zero-order valence-electron chi connectivity index (χ0n) is 12.4. The van der Waals surface area contributed by atoms with Crippen LogP contribution in [0.1, 0.15) is 38.7 Å². The predicted octanol–water partition coefficient (Wildman–Crippen LogP) is 3.68. The van der Waals surface area contributed by atoms with Crippen LogP contribution in [0.3, 0.4) is 0 Å². The van der Waals surface area contributed by atoms with E-state index >= 15 is 0 Å². The molecule has 110 valence electrons. The fraction of sp³-hybridized carbons (Fsp3) is 0.562. The van der Waals surface area contributed by atoms with E-state index in [4.69, 9.17) is 16.3 Å². The number of likely N-dealkylation sites (tertiary alicyclic amines) is 1. The van der Waals surface area contributed by atoms with Crippen molar-refractivity contribution >= 4 is 17.5 Å². The number of methoxy groups -OCH3 is 1. The van der Waals surface area contributed by atoms with Crippen LogP contribution < -0.4 is 4.74 Å². The Bertz CT molecular complexity index is 479. The highest BCUT2D eigenvalue weighted by atomic mass is 35.5. The van der Waals surface area contributed by atoms with Gasteiger partial charge in [0.15, 0.2) is 0 Å². The van der Waals surface area contributed by atoms with Gasteiger partial charge in [0.2, 0.25) is 5.91 Å². The average Bonchev–Trinajstić information content (AvgIpc) is 2.41. The maximum absolute atomic E-state index is 12.5. The van der Waals surface area contributed by atoms with Gasteiger partial charge in [-0.2, -0.15) is 0 Å². The Balaban J connectivity index is 2.11. The highest BCUT2D eigenvalue weighted by Gasteiger charge is 2.28. The van der Waals surface area contributed by atoms with Crippen LogP contribution in [0.2, 0.25) is 5.02 Å². The minimum absolute atomic E-state index is 0.164. The van der Waals surface area contributed by atoms with Crippen molar-refractivity contribution in [3.8, 4) is 5.75 Å². The van der Waals surface area contributed by atoms with E-state index in [1.54, 1.807) is 13.2 Å². The van der Waals surface area contributed by atoms with Crippen LogP contribution in [0.25, 0.3) is 0 Å². The first-order valence-corrected chi connectivity index (χ1v) is 7.54. The minimum atomic E-state index is 0.164. The van der Waals surface area contributed by atoms with E-state index in [1.165, 1.54) is 6.42 Å². The first-order valence-electron chi connectivity index (χ1n) is 7.16. The largest absolute Gasteiger partial charge is 0.497 e. The zero-order chi connectivity index (χ0) is 14.7. The van der Waals surface area contributed by atoms with E-state index in [9.17, 15) is 4.79 Å². The van der Waals surface area contributed by atoms with Gasteiger partial charge >= 0.3 is 0 Å². The van der Waals surface area contributed by atoms with Gasteiger partial charge in [-0.25, -0.2) is 0 Å². The Morgan fingerprint density at radius 2 is 2.00 bits per heavy atom. The quantitative estimate of drug-likeness (QED) is 0.851. The number of carbonyl (C=O) groups excluding carboxylic acids is 1. The van der Waals surface area contributed by atoms with Crippen molar-refractivity contribution in [3.63, 3.8) is 0 Å². The lowest BCUT2D eigenvalue weighted by Crippen LogP contribution is -2.48. The van der Waals surface area contributed by atoms with Gasteiger partial charge < -0.3 is 9.64 Å². The highest BCUT2D eigenvalue weighted by molar-refractivity contribution is 6.31. The summed E-state index contributed by atoms with van der Waals surface area (Å²) in [6.07, 6.45) is 3.74. The third kappa shape index (κ3) is 3.26. The first kappa shape index (κ1) is 15.2. The minimum Gasteiger partial charge on any atom is -0.497 e. The van der Waals surface area contributed by atoms with Gasteiger partial charge in [0.05, 0.1) is 13.5 Å². The number of amides is 1. The van der Waals surface area contributed by atoms with Crippen molar-refractivity contribution in [2.75, 3.05) is 7.11 Å². The van der Waals surface area contributed by atoms with Crippen LogP contribution in [0, 0.1) is 0 Å². The van der Waals surface area contributed by atoms with E-state index in [2.05, 4.69) is 13.8 Å². The van der Waals surface area contributed by atoms with Crippen LogP contribution in [-0.2, 0) is 11.2 Å². The fourth-order valence-electron chi connectivity index (χ4n) is 2.97. The molecule has 1 aliphatic rings. The van der Waals surface area contributed by atoms with Gasteiger partial charge in [0.25, 0.3) is 0 Å². The average molecular weight is 296 g/mol. The molecule has 1 aliphatic heterocycles. The lowest BCUT2D eigenvalue weighted by molar-refractivity contribution is -0.136. The molecule has 2 rings (SSSR count). The summed E-state index contributed by atoms with van der Waals surface area (Å²) in [5.41, 5.74) is 0.863. The molecule has 20 heavy (non-hydrogen) atoms. The van der Waals surface area contributed by atoms with Crippen LogP contribution in [0.5, 0.6) is 5.75 Å². The standard InChI is InChI=1S/C16H22ClNO2/c1-11-5-4-6-12(2)18(11)16(19)9-13-7-8-14(20-3)10-15(13)17/h7-8,10-12H,4-6,9H2,1-3H3. The van der Waals surface area contributed by atoms with Crippen molar-refractivity contribution < 1.29 is 9.53 Å². The van der Waals surface area contributed by atoms with Gasteiger partial charge in [-0.15, -0.1) is 0 Å². The molecule has 0 saturated carbocycles. The van der Waals surface area contributed by atoms with Gasteiger partial charge in [-0.1, -0.05) is 17.7 Å². The highest BCUT2D eigenvalue weighted by Crippen LogP contribution is 2.26. The molecule has 0 spiro atoms. The number of halogens is 1. The Hall–Kier alpha value is -1.22. The summed E-state index contributed by atoms with van der Waals surface area (Å²) in [6.45, 7) is 4.26. The summed E-state index contributed by atoms with van der Waals surface area (Å²) in [4.78, 5) is 14.5. The smallest absolute Gasteiger partial charge is 0.227 e. The van der Waals surface area contributed by atoms with E-state index in [-0.39, 0.29) is 5.91 Å². The Morgan fingerprint density at radius 1 is 1.35 bits per heavy atom. The molecule has 2 unspecified atom stereocenters. The second kappa shape index (κ2) is 6.49. The van der Waals surface area contributed by atoms with Gasteiger partial charge in [0, 0.05) is 17.1 Å². The van der Waals surface area contributed by atoms with Crippen LogP contribution >= 0.6 is 11.6 Å². The van der Waals surface area contributed by atoms with Gasteiger partial charge in [-0.05, 0) is 50.8 Å². The lowest BCUT2D eigenvalue weighted by Gasteiger charge is -2.39. The number of piperidine rings is 1. The second-order valence-corrected chi connectivity index (χ2v) is 5.97. The fourth-order valence-corrected chi connectivity index (χ4v) is 3.20. The topological polar surface area (TPSA) is 29.5 Å². The Kier molecular flexibility index (Phi) is 4.92. The number of hydrogen-bond acceptors (Lipinski definition) is 2. The maximum Gasteiger partial charge on any atom is 0.227 e. The van der Waals surface area contributed by atoms with Crippen LogP contribution in [0.15, 0.2) is 18.2 Å². The lowest BCUT2D eigenvalue weighted by atomic mass is 9.96. The SMILES string of the molecule is COc1ccc(CC(=O)N2C(C)CCCC2C)c(Cl)c1. The van der Waals surface area contributed by atoms with E-state index in [0.717, 1.165) is 18.4 Å². The molecule has 0 aromatic heterocycles. The third-order valence-electron chi connectivity index (χ3n) is 4.08. The summed E-state index contributed by atoms with van der Waals surface area (Å²) in [6, 6.07) is 6.12. The van der Waals surface area contributed by atoms with Gasteiger partial charge in [0.1, 0.15) is 5.75 Å². The molecule has 1 amide bonds. The van der Waals surface area contributed by atoms with Crippen molar-refractivity contribution in [3.05, 3.63) is 28.8 Å². The van der Waals surface area contributed by atoms with E-state index in [0.29, 0.717) is 29.3 Å². The van der Waals surface area contributed by atoms with E-state index in [1.807, 2.05) is 17.0 Å². The number of hydrogen-bond donors (Lipinski definition) is 0. The summed E-state index contributed by atoms with van der Waals surface area (Å²) in [7, 11) is 1.60.